The van der Waals surface area contributed by atoms with Gasteiger partial charge < -0.3 is 48.6 Å². The molecule has 0 aliphatic carbocycles. The zero-order valence-electron chi connectivity index (χ0n) is 17.9. The first kappa shape index (κ1) is 29.2. The Kier molecular flexibility index (Phi) is 14.1. The van der Waals surface area contributed by atoms with E-state index in [0.29, 0.717) is 18.9 Å². The van der Waals surface area contributed by atoms with Crippen LogP contribution in [0.15, 0.2) is 30.5 Å². The summed E-state index contributed by atoms with van der Waals surface area (Å²) in [5.74, 6) is 0.348. The Balaban J connectivity index is 0.000000460. The molecular weight excluding hydrogens is 482 g/mol. The number of carbonyl (C=O) groups is 1. The maximum Gasteiger partial charge on any atom is 0.365 e. The predicted molar refractivity (Wildman–Crippen MR) is 109 cm³/mol. The number of esters is 1. The molecule has 0 spiro atoms. The number of piperidine rings is 1. The number of hydrogen-bond acceptors (Lipinski definition) is 10. The molecule has 5 N–H and O–H groups in total. The van der Waals surface area contributed by atoms with Crippen LogP contribution in [0.5, 0.6) is 0 Å². The minimum Gasteiger partial charge on any atom is -0.750 e. The van der Waals surface area contributed by atoms with Crippen molar-refractivity contribution in [1.82, 2.24) is 4.57 Å². The lowest BCUT2D eigenvalue weighted by Gasteiger charge is -2.20. The van der Waals surface area contributed by atoms with E-state index in [1.807, 2.05) is 19.2 Å². The Bertz CT molecular complexity index is 891. The fourth-order valence-electron chi connectivity index (χ4n) is 3.42. The number of nitrogens with zero attached hydrogens (tertiary/aromatic N) is 1. The van der Waals surface area contributed by atoms with Crippen molar-refractivity contribution in [3.05, 3.63) is 36.0 Å². The second-order valence-electron chi connectivity index (χ2n) is 7.17. The van der Waals surface area contributed by atoms with E-state index in [4.69, 9.17) is 32.8 Å². The number of nitrogens with two attached hydrogens (primary N) is 1. The molecule has 2 heterocycles. The summed E-state index contributed by atoms with van der Waals surface area (Å²) in [6.45, 7) is 2.84. The molecule has 1 aliphatic heterocycles. The van der Waals surface area contributed by atoms with Crippen molar-refractivity contribution in [2.75, 3.05) is 19.7 Å². The van der Waals surface area contributed by atoms with Crippen molar-refractivity contribution >= 4 is 39.6 Å². The SMILES string of the molecule is Cn1cc(C[C@@H]([NH3+])C(=O)OCC2CC[NH2+]CC2)c2ccccc21.O=S([O-])O[O-].O=S([O-])O[O-]. The fraction of sp³-hybridized carbons (Fsp3) is 0.500. The lowest BCUT2D eigenvalue weighted by atomic mass is 9.99. The lowest BCUT2D eigenvalue weighted by Crippen LogP contribution is -2.86. The van der Waals surface area contributed by atoms with Crippen molar-refractivity contribution in [3.63, 3.8) is 0 Å². The molecule has 3 atom stereocenters. The minimum absolute atomic E-state index is 0.174. The summed E-state index contributed by atoms with van der Waals surface area (Å²) in [5.41, 5.74) is 6.36. The van der Waals surface area contributed by atoms with Crippen molar-refractivity contribution in [1.29, 1.82) is 0 Å². The first-order valence-corrected chi connectivity index (χ1v) is 11.8. The molecule has 33 heavy (non-hydrogen) atoms. The zero-order valence-corrected chi connectivity index (χ0v) is 19.5. The monoisotopic (exact) mass is 509 g/mol. The van der Waals surface area contributed by atoms with E-state index in [1.54, 1.807) is 0 Å². The summed E-state index contributed by atoms with van der Waals surface area (Å²) in [4.78, 5) is 12.2. The van der Waals surface area contributed by atoms with E-state index < -0.39 is 22.7 Å². The van der Waals surface area contributed by atoms with E-state index in [-0.39, 0.29) is 12.0 Å². The topological polar surface area (TPSA) is 220 Å². The van der Waals surface area contributed by atoms with Crippen molar-refractivity contribution in [2.24, 2.45) is 13.0 Å². The number of carbonyl (C=O) groups excluding carboxylic acids is 1. The second kappa shape index (κ2) is 15.9. The quantitative estimate of drug-likeness (QED) is 0.159. The van der Waals surface area contributed by atoms with Crippen LogP contribution in [0.4, 0.5) is 0 Å². The van der Waals surface area contributed by atoms with Gasteiger partial charge in [0.05, 0.1) is 42.4 Å². The standard InChI is InChI=1S/C18H25N3O2.2H2O4S/c1-21-11-14(15-4-2-3-5-17(15)21)10-16(19)18(22)23-12-13-6-8-20-9-7-13;2*1-4-5(2)3/h2-5,11,13,16,20H,6-10,12,19H2,1H3;2*1H,(H,2,3)/p-2/t16-;;/m1../s1. The van der Waals surface area contributed by atoms with Gasteiger partial charge in [0.25, 0.3) is 0 Å². The number of aryl methyl sites for hydroxylation is 1. The molecule has 2 aromatic rings. The molecule has 1 aromatic heterocycles. The van der Waals surface area contributed by atoms with Gasteiger partial charge in [-0.05, 0) is 11.6 Å². The molecule has 0 radical (unpaired) electrons. The average Bonchev–Trinajstić information content (AvgIpc) is 3.14. The molecule has 13 nitrogen and oxygen atoms in total. The first-order chi connectivity index (χ1) is 15.7. The highest BCUT2D eigenvalue weighted by Crippen LogP contribution is 2.21. The third kappa shape index (κ3) is 11.3. The van der Waals surface area contributed by atoms with Gasteiger partial charge in [-0.25, -0.2) is 13.2 Å². The zero-order chi connectivity index (χ0) is 24.8. The highest BCUT2D eigenvalue weighted by molar-refractivity contribution is 7.74. The van der Waals surface area contributed by atoms with E-state index in [2.05, 4.69) is 42.6 Å². The van der Waals surface area contributed by atoms with Gasteiger partial charge in [0.2, 0.25) is 0 Å². The van der Waals surface area contributed by atoms with Gasteiger partial charge in [-0.3, -0.25) is 0 Å². The highest BCUT2D eigenvalue weighted by Gasteiger charge is 2.24. The molecule has 0 bridgehead atoms. The third-order valence-corrected chi connectivity index (χ3v) is 5.13. The van der Waals surface area contributed by atoms with Crippen LogP contribution in [0, 0.1) is 5.92 Å². The van der Waals surface area contributed by atoms with Gasteiger partial charge in [0.1, 0.15) is 0 Å². The van der Waals surface area contributed by atoms with Gasteiger partial charge in [-0.2, -0.15) is 0 Å². The Morgan fingerprint density at radius 3 is 2.27 bits per heavy atom. The lowest BCUT2D eigenvalue weighted by molar-refractivity contribution is -0.665. The van der Waals surface area contributed by atoms with Crippen LogP contribution in [0.25, 0.3) is 10.9 Å². The molecule has 2 unspecified atom stereocenters. The maximum absolute atomic E-state index is 12.2. The predicted octanol–water partition coefficient (Wildman–Crippen LogP) is -4.01. The van der Waals surface area contributed by atoms with Crippen LogP contribution < -0.4 is 21.6 Å². The molecule has 188 valence electrons. The van der Waals surface area contributed by atoms with Gasteiger partial charge in [-0.15, -0.1) is 0 Å². The number of quaternary nitrogens is 2. The first-order valence-electron chi connectivity index (χ1n) is 9.83. The number of para-hydroxylation sites is 1. The largest absolute Gasteiger partial charge is 0.750 e. The normalized spacial score (nSPS) is 16.5. The number of ether oxygens (including phenoxy) is 1. The summed E-state index contributed by atoms with van der Waals surface area (Å²) in [6.07, 6.45) is 4.99. The number of benzene rings is 1. The van der Waals surface area contributed by atoms with Crippen LogP contribution in [-0.4, -0.2) is 53.8 Å². The van der Waals surface area contributed by atoms with Gasteiger partial charge in [0.15, 0.2) is 6.04 Å². The van der Waals surface area contributed by atoms with Crippen LogP contribution in [-0.2, 0) is 54.4 Å². The van der Waals surface area contributed by atoms with Crippen molar-refractivity contribution in [2.45, 2.75) is 25.3 Å². The average molecular weight is 510 g/mol. The van der Waals surface area contributed by atoms with E-state index in [0.717, 1.165) is 31.5 Å². The van der Waals surface area contributed by atoms with Crippen molar-refractivity contribution in [3.8, 4) is 0 Å². The summed E-state index contributed by atoms with van der Waals surface area (Å²) in [5, 5.41) is 20.6. The number of fused-ring (bicyclic) bond motifs is 1. The molecule has 1 saturated heterocycles. The fourth-order valence-corrected chi connectivity index (χ4v) is 3.42. The highest BCUT2D eigenvalue weighted by atomic mass is 32.2. The smallest absolute Gasteiger partial charge is 0.365 e. The van der Waals surface area contributed by atoms with E-state index in [1.165, 1.54) is 10.9 Å². The Hall–Kier alpha value is -1.79. The summed E-state index contributed by atoms with van der Waals surface area (Å²) < 4.78 is 47.8. The van der Waals surface area contributed by atoms with Gasteiger partial charge in [-0.1, -0.05) is 18.2 Å². The maximum atomic E-state index is 12.2. The summed E-state index contributed by atoms with van der Waals surface area (Å²) in [6, 6.07) is 7.90. The summed E-state index contributed by atoms with van der Waals surface area (Å²) >= 11 is -5.76. The van der Waals surface area contributed by atoms with Gasteiger partial charge in [0, 0.05) is 49.3 Å². The third-order valence-electron chi connectivity index (χ3n) is 4.91. The molecule has 0 amide bonds. The minimum atomic E-state index is -2.88. The Morgan fingerprint density at radius 2 is 1.73 bits per heavy atom. The van der Waals surface area contributed by atoms with E-state index in [9.17, 15) is 4.79 Å². The Morgan fingerprint density at radius 1 is 1.18 bits per heavy atom. The van der Waals surface area contributed by atoms with Gasteiger partial charge >= 0.3 is 5.97 Å². The van der Waals surface area contributed by atoms with E-state index >= 15 is 0 Å². The van der Waals surface area contributed by atoms with Crippen LogP contribution in [0.2, 0.25) is 0 Å². The molecule has 1 fully saturated rings. The molecule has 3 rings (SSSR count). The number of aromatic nitrogens is 1. The molecule has 1 aromatic carbocycles. The summed E-state index contributed by atoms with van der Waals surface area (Å²) in [7, 11) is 2.03. The number of hydrogen-bond donors (Lipinski definition) is 2. The molecule has 0 saturated carbocycles. The second-order valence-corrected chi connectivity index (χ2v) is 8.26. The molecular formula is C18H27N3O10S2-2. The van der Waals surface area contributed by atoms with Crippen LogP contribution >= 0.6 is 0 Å². The molecule has 1 aliphatic rings. The van der Waals surface area contributed by atoms with Crippen LogP contribution in [0.1, 0.15) is 18.4 Å². The van der Waals surface area contributed by atoms with Crippen LogP contribution in [0.3, 0.4) is 0 Å². The Labute approximate surface area is 195 Å². The number of rotatable bonds is 7. The molecule has 15 heteroatoms. The van der Waals surface area contributed by atoms with Crippen molar-refractivity contribution < 1.29 is 57.3 Å².